The molecule has 0 aromatic rings. The van der Waals surface area contributed by atoms with Crippen LogP contribution in [0.15, 0.2) is 0 Å². The molecule has 1 atom stereocenters. The van der Waals surface area contributed by atoms with Gasteiger partial charge in [0.1, 0.15) is 0 Å². The van der Waals surface area contributed by atoms with Gasteiger partial charge in [-0.25, -0.2) is 4.39 Å². The molecule has 0 radical (unpaired) electrons. The highest BCUT2D eigenvalue weighted by atomic mass is 31.2. The monoisotopic (exact) mass is 198 g/mol. The van der Waals surface area contributed by atoms with Crippen LogP contribution in [-0.4, -0.2) is 19.1 Å². The largest absolute Gasteiger partial charge is 0.364 e. The molecule has 5 heteroatoms. The summed E-state index contributed by atoms with van der Waals surface area (Å²) in [5.41, 5.74) is 0. The van der Waals surface area contributed by atoms with Gasteiger partial charge in [0.15, 0.2) is 0 Å². The number of hydrogen-bond donors (Lipinski definition) is 0. The molecule has 1 unspecified atom stereocenters. The van der Waals surface area contributed by atoms with Crippen molar-refractivity contribution in [3.05, 3.63) is 0 Å². The maximum atomic E-state index is 13.0. The van der Waals surface area contributed by atoms with Gasteiger partial charge in [-0.05, 0) is 20.3 Å². The first-order valence-electron chi connectivity index (χ1n) is 4.13. The average molecular weight is 198 g/mol. The Balaban J connectivity index is 4.27. The van der Waals surface area contributed by atoms with Crippen molar-refractivity contribution >= 4 is 7.60 Å². The summed E-state index contributed by atoms with van der Waals surface area (Å²) in [4.78, 5) is 0. The third-order valence-electron chi connectivity index (χ3n) is 1.30. The molecule has 0 aliphatic heterocycles. The molecule has 0 fully saturated rings. The van der Waals surface area contributed by atoms with E-state index in [1.165, 1.54) is 0 Å². The number of alkyl halides is 1. The number of halogens is 1. The van der Waals surface area contributed by atoms with Crippen LogP contribution in [0.5, 0.6) is 0 Å². The molecule has 0 aliphatic rings. The minimum absolute atomic E-state index is 0.150. The molecule has 0 spiro atoms. The molecule has 0 aromatic carbocycles. The van der Waals surface area contributed by atoms with Crippen LogP contribution in [0, 0.1) is 0 Å². The maximum absolute atomic E-state index is 13.0. The molecule has 12 heavy (non-hydrogen) atoms. The van der Waals surface area contributed by atoms with Gasteiger partial charge in [0.05, 0.1) is 13.2 Å². The van der Waals surface area contributed by atoms with Gasteiger partial charge in [-0.2, -0.15) is 0 Å². The third-order valence-corrected chi connectivity index (χ3v) is 3.59. The van der Waals surface area contributed by atoms with Crippen molar-refractivity contribution in [2.45, 2.75) is 33.1 Å². The first kappa shape index (κ1) is 12.1. The van der Waals surface area contributed by atoms with Gasteiger partial charge in [0.2, 0.25) is 5.91 Å². The van der Waals surface area contributed by atoms with Gasteiger partial charge in [-0.15, -0.1) is 0 Å². The lowest BCUT2D eigenvalue weighted by Crippen LogP contribution is -2.07. The molecule has 0 rings (SSSR count). The normalized spacial score (nSPS) is 14.7. The van der Waals surface area contributed by atoms with Crippen LogP contribution in [-0.2, 0) is 13.6 Å². The van der Waals surface area contributed by atoms with E-state index in [1.54, 1.807) is 20.8 Å². The Bertz CT molecular complexity index is 153. The van der Waals surface area contributed by atoms with E-state index in [2.05, 4.69) is 0 Å². The van der Waals surface area contributed by atoms with E-state index in [9.17, 15) is 8.96 Å². The first-order chi connectivity index (χ1) is 5.60. The quantitative estimate of drug-likeness (QED) is 0.615. The Morgan fingerprint density at radius 3 is 1.92 bits per heavy atom. The fourth-order valence-corrected chi connectivity index (χ4v) is 2.35. The molecule has 0 N–H and O–H groups in total. The third kappa shape index (κ3) is 3.21. The Morgan fingerprint density at radius 2 is 1.67 bits per heavy atom. The Hall–Kier alpha value is 0.0800. The summed E-state index contributed by atoms with van der Waals surface area (Å²) >= 11 is 0. The molecular weight excluding hydrogens is 182 g/mol. The predicted octanol–water partition coefficient (Wildman–Crippen LogP) is 2.96. The highest BCUT2D eigenvalue weighted by Crippen LogP contribution is 2.54. The highest BCUT2D eigenvalue weighted by molar-refractivity contribution is 7.54. The summed E-state index contributed by atoms with van der Waals surface area (Å²) in [5.74, 6) is -1.50. The fourth-order valence-electron chi connectivity index (χ4n) is 0.783. The Kier molecular flexibility index (Phi) is 5.72. The second-order valence-electron chi connectivity index (χ2n) is 2.22. The molecule has 0 aliphatic carbocycles. The second-order valence-corrected chi connectivity index (χ2v) is 4.37. The van der Waals surface area contributed by atoms with Gasteiger partial charge in [-0.3, -0.25) is 4.57 Å². The predicted molar refractivity (Wildman–Crippen MR) is 46.0 cm³/mol. The average Bonchev–Trinajstić information content (AvgIpc) is 2.04. The summed E-state index contributed by atoms with van der Waals surface area (Å²) in [5, 5.41) is 0. The zero-order valence-corrected chi connectivity index (χ0v) is 8.64. The molecule has 3 nitrogen and oxygen atoms in total. The van der Waals surface area contributed by atoms with Gasteiger partial charge in [0, 0.05) is 0 Å². The summed E-state index contributed by atoms with van der Waals surface area (Å²) in [6.07, 6.45) is 0.150. The van der Waals surface area contributed by atoms with Crippen molar-refractivity contribution in [2.24, 2.45) is 0 Å². The molecule has 0 bridgehead atoms. The molecule has 74 valence electrons. The van der Waals surface area contributed by atoms with Gasteiger partial charge in [-0.1, -0.05) is 6.92 Å². The number of hydrogen-bond acceptors (Lipinski definition) is 3. The minimum Gasteiger partial charge on any atom is -0.307 e. The van der Waals surface area contributed by atoms with Crippen molar-refractivity contribution < 1.29 is 18.0 Å². The summed E-state index contributed by atoms with van der Waals surface area (Å²) in [6.45, 7) is 5.34. The van der Waals surface area contributed by atoms with E-state index in [0.717, 1.165) is 0 Å². The fraction of sp³-hybridized carbons (Fsp3) is 1.00. The topological polar surface area (TPSA) is 35.5 Å². The lowest BCUT2D eigenvalue weighted by Gasteiger charge is -2.19. The van der Waals surface area contributed by atoms with Crippen molar-refractivity contribution in [3.63, 3.8) is 0 Å². The summed E-state index contributed by atoms with van der Waals surface area (Å²) < 4.78 is 34.1. The zero-order chi connectivity index (χ0) is 9.61. The Morgan fingerprint density at radius 1 is 1.25 bits per heavy atom. The highest BCUT2D eigenvalue weighted by Gasteiger charge is 2.34. The molecule has 0 aromatic heterocycles. The summed E-state index contributed by atoms with van der Waals surface area (Å²) in [6, 6.07) is 0. The van der Waals surface area contributed by atoms with E-state index < -0.39 is 13.5 Å². The van der Waals surface area contributed by atoms with Gasteiger partial charge < -0.3 is 9.05 Å². The first-order valence-corrected chi connectivity index (χ1v) is 5.74. The van der Waals surface area contributed by atoms with Crippen LogP contribution < -0.4 is 0 Å². The molecule has 0 amide bonds. The lowest BCUT2D eigenvalue weighted by molar-refractivity contribution is 0.188. The van der Waals surface area contributed by atoms with E-state index in [1.807, 2.05) is 0 Å². The summed E-state index contributed by atoms with van der Waals surface area (Å²) in [7, 11) is -3.48. The van der Waals surface area contributed by atoms with Crippen LogP contribution in [0.1, 0.15) is 27.2 Å². The molecule has 0 saturated carbocycles. The van der Waals surface area contributed by atoms with E-state index in [-0.39, 0.29) is 19.6 Å². The van der Waals surface area contributed by atoms with Crippen LogP contribution in [0.2, 0.25) is 0 Å². The lowest BCUT2D eigenvalue weighted by atomic mass is 10.6. The smallest absolute Gasteiger partial charge is 0.307 e. The van der Waals surface area contributed by atoms with Crippen molar-refractivity contribution in [2.75, 3.05) is 13.2 Å². The standard InChI is InChI=1S/C7H16FO3P/c1-4-7(8)12(9,10-5-2)11-6-3/h7H,4-6H2,1-3H3. The van der Waals surface area contributed by atoms with Crippen LogP contribution in [0.25, 0.3) is 0 Å². The molecule has 0 heterocycles. The molecule has 0 saturated heterocycles. The van der Waals surface area contributed by atoms with Gasteiger partial charge >= 0.3 is 7.60 Å². The number of rotatable bonds is 6. The van der Waals surface area contributed by atoms with Crippen molar-refractivity contribution in [1.29, 1.82) is 0 Å². The van der Waals surface area contributed by atoms with Gasteiger partial charge in [0.25, 0.3) is 0 Å². The second kappa shape index (κ2) is 5.68. The minimum atomic E-state index is -3.48. The zero-order valence-electron chi connectivity index (χ0n) is 7.75. The maximum Gasteiger partial charge on any atom is 0.364 e. The van der Waals surface area contributed by atoms with Crippen LogP contribution in [0.3, 0.4) is 0 Å². The molecular formula is C7H16FO3P. The van der Waals surface area contributed by atoms with Crippen molar-refractivity contribution in [1.82, 2.24) is 0 Å². The van der Waals surface area contributed by atoms with Crippen LogP contribution in [0.4, 0.5) is 4.39 Å². The van der Waals surface area contributed by atoms with E-state index in [0.29, 0.717) is 0 Å². The van der Waals surface area contributed by atoms with Crippen LogP contribution >= 0.6 is 7.60 Å². The van der Waals surface area contributed by atoms with Crippen molar-refractivity contribution in [3.8, 4) is 0 Å². The van der Waals surface area contributed by atoms with E-state index >= 15 is 0 Å². The SMILES string of the molecule is CCOP(=O)(OCC)C(F)CC. The van der Waals surface area contributed by atoms with E-state index in [4.69, 9.17) is 9.05 Å². The Labute approximate surface area is 72.8 Å².